The third-order valence-corrected chi connectivity index (χ3v) is 7.46. The van der Waals surface area contributed by atoms with Crippen LogP contribution in [0.15, 0.2) is 18.2 Å². The smallest absolute Gasteiger partial charge is 0.255 e. The lowest BCUT2D eigenvalue weighted by atomic mass is 9.95. The Morgan fingerprint density at radius 1 is 1.35 bits per heavy atom. The molecular weight excluding hydrogens is 376 g/mol. The molecule has 0 N–H and O–H groups in total. The average molecular weight is 399 g/mol. The molecule has 3 rings (SSSR count). The van der Waals surface area contributed by atoms with Crippen molar-refractivity contribution in [3.8, 4) is 0 Å². The Balaban J connectivity index is 2.01. The SMILES string of the molecule is CCC1CCCN1C(=O)c1cc(N2C(=O)C(C)(C)CS2(=O)=O)ccc1Cl. The molecule has 0 aliphatic carbocycles. The zero-order valence-corrected chi connectivity index (χ0v) is 16.7. The summed E-state index contributed by atoms with van der Waals surface area (Å²) < 4.78 is 25.8. The third kappa shape index (κ3) is 3.11. The van der Waals surface area contributed by atoms with Gasteiger partial charge in [-0.25, -0.2) is 12.7 Å². The summed E-state index contributed by atoms with van der Waals surface area (Å²) in [4.78, 5) is 27.3. The summed E-state index contributed by atoms with van der Waals surface area (Å²) in [5.74, 6) is -0.968. The van der Waals surface area contributed by atoms with Crippen molar-refractivity contribution in [2.24, 2.45) is 5.41 Å². The summed E-state index contributed by atoms with van der Waals surface area (Å²) in [5.41, 5.74) is -0.594. The van der Waals surface area contributed by atoms with Crippen LogP contribution >= 0.6 is 11.6 Å². The van der Waals surface area contributed by atoms with Crippen molar-refractivity contribution in [3.63, 3.8) is 0 Å². The fourth-order valence-electron chi connectivity index (χ4n) is 3.75. The maximum Gasteiger partial charge on any atom is 0.255 e. The first-order valence-corrected chi connectivity index (χ1v) is 10.7. The van der Waals surface area contributed by atoms with Gasteiger partial charge in [0, 0.05) is 12.6 Å². The standard InChI is InChI=1S/C18H23ClN2O4S/c1-4-12-6-5-9-20(12)16(22)14-10-13(7-8-15(14)19)21-17(23)18(2,3)11-26(21,24)25/h7-8,10,12H,4-6,9,11H2,1-3H3. The maximum absolute atomic E-state index is 13.0. The average Bonchev–Trinajstić information content (AvgIpc) is 3.08. The molecule has 1 unspecified atom stereocenters. The highest BCUT2D eigenvalue weighted by Crippen LogP contribution is 2.37. The zero-order valence-electron chi connectivity index (χ0n) is 15.2. The summed E-state index contributed by atoms with van der Waals surface area (Å²) in [6, 6.07) is 4.54. The topological polar surface area (TPSA) is 74.8 Å². The number of nitrogens with zero attached hydrogens (tertiary/aromatic N) is 2. The maximum atomic E-state index is 13.0. The monoisotopic (exact) mass is 398 g/mol. The van der Waals surface area contributed by atoms with E-state index >= 15 is 0 Å². The van der Waals surface area contributed by atoms with E-state index in [1.54, 1.807) is 18.7 Å². The van der Waals surface area contributed by atoms with E-state index in [1.807, 2.05) is 6.92 Å². The number of anilines is 1. The largest absolute Gasteiger partial charge is 0.336 e. The van der Waals surface area contributed by atoms with Crippen LogP contribution in [0, 0.1) is 5.41 Å². The molecule has 8 heteroatoms. The molecular formula is C18H23ClN2O4S. The number of hydrogen-bond donors (Lipinski definition) is 0. The Morgan fingerprint density at radius 3 is 2.62 bits per heavy atom. The van der Waals surface area contributed by atoms with Gasteiger partial charge in [0.25, 0.3) is 5.91 Å². The fraction of sp³-hybridized carbons (Fsp3) is 0.556. The van der Waals surface area contributed by atoms with E-state index in [4.69, 9.17) is 11.6 Å². The van der Waals surface area contributed by atoms with Crippen LogP contribution in [-0.4, -0.2) is 43.5 Å². The van der Waals surface area contributed by atoms with E-state index in [9.17, 15) is 18.0 Å². The first-order chi connectivity index (χ1) is 12.1. The summed E-state index contributed by atoms with van der Waals surface area (Å²) >= 11 is 6.23. The minimum Gasteiger partial charge on any atom is -0.336 e. The summed E-state index contributed by atoms with van der Waals surface area (Å²) in [5, 5.41) is 0.254. The van der Waals surface area contributed by atoms with Crippen LogP contribution in [-0.2, 0) is 14.8 Å². The van der Waals surface area contributed by atoms with Crippen molar-refractivity contribution < 1.29 is 18.0 Å². The normalized spacial score (nSPS) is 24.3. The minimum atomic E-state index is -3.77. The molecule has 6 nitrogen and oxygen atoms in total. The number of rotatable bonds is 3. The number of carbonyl (C=O) groups is 2. The van der Waals surface area contributed by atoms with Gasteiger partial charge in [0.05, 0.1) is 27.4 Å². The Morgan fingerprint density at radius 2 is 2.04 bits per heavy atom. The van der Waals surface area contributed by atoms with Gasteiger partial charge in [-0.3, -0.25) is 9.59 Å². The van der Waals surface area contributed by atoms with Crippen molar-refractivity contribution in [2.75, 3.05) is 16.6 Å². The number of halogens is 1. The van der Waals surface area contributed by atoms with Crippen molar-refractivity contribution in [2.45, 2.75) is 46.1 Å². The zero-order chi connectivity index (χ0) is 19.3. The second kappa shape index (κ2) is 6.53. The lowest BCUT2D eigenvalue weighted by molar-refractivity contribution is -0.123. The molecule has 2 aliphatic heterocycles. The van der Waals surface area contributed by atoms with Gasteiger partial charge in [-0.05, 0) is 51.3 Å². The van der Waals surface area contributed by atoms with Crippen molar-refractivity contribution in [1.29, 1.82) is 0 Å². The van der Waals surface area contributed by atoms with Crippen LogP contribution in [0.4, 0.5) is 5.69 Å². The molecule has 2 fully saturated rings. The third-order valence-electron chi connectivity index (χ3n) is 5.11. The molecule has 1 atom stereocenters. The van der Waals surface area contributed by atoms with Gasteiger partial charge in [0.2, 0.25) is 15.9 Å². The van der Waals surface area contributed by atoms with E-state index in [0.29, 0.717) is 6.54 Å². The van der Waals surface area contributed by atoms with E-state index in [1.165, 1.54) is 18.2 Å². The van der Waals surface area contributed by atoms with E-state index in [0.717, 1.165) is 23.6 Å². The molecule has 2 saturated heterocycles. The number of likely N-dealkylation sites (tertiary alicyclic amines) is 1. The highest BCUT2D eigenvalue weighted by Gasteiger charge is 2.50. The number of benzene rings is 1. The van der Waals surface area contributed by atoms with Gasteiger partial charge in [-0.15, -0.1) is 0 Å². The fourth-order valence-corrected chi connectivity index (χ4v) is 6.04. The molecule has 2 heterocycles. The van der Waals surface area contributed by atoms with Gasteiger partial charge in [-0.1, -0.05) is 18.5 Å². The number of amides is 2. The molecule has 26 heavy (non-hydrogen) atoms. The van der Waals surface area contributed by atoms with E-state index < -0.39 is 21.3 Å². The molecule has 2 aliphatic rings. The van der Waals surface area contributed by atoms with Crippen molar-refractivity contribution in [1.82, 2.24) is 4.90 Å². The van der Waals surface area contributed by atoms with Gasteiger partial charge >= 0.3 is 0 Å². The summed E-state index contributed by atoms with van der Waals surface area (Å²) in [6.07, 6.45) is 2.75. The van der Waals surface area contributed by atoms with Gasteiger partial charge < -0.3 is 4.90 Å². The Kier molecular flexibility index (Phi) is 4.82. The predicted molar refractivity (Wildman–Crippen MR) is 101 cm³/mol. The lowest BCUT2D eigenvalue weighted by Gasteiger charge is -2.25. The highest BCUT2D eigenvalue weighted by atomic mass is 35.5. The highest BCUT2D eigenvalue weighted by molar-refractivity contribution is 7.94. The molecule has 0 saturated carbocycles. The minimum absolute atomic E-state index is 0.165. The van der Waals surface area contributed by atoms with Gasteiger partial charge in [0.15, 0.2) is 0 Å². The molecule has 1 aromatic rings. The van der Waals surface area contributed by atoms with E-state index in [2.05, 4.69) is 0 Å². The molecule has 2 amide bonds. The second-order valence-electron chi connectivity index (χ2n) is 7.58. The Bertz CT molecular complexity index is 866. The summed E-state index contributed by atoms with van der Waals surface area (Å²) in [7, 11) is -3.77. The quantitative estimate of drug-likeness (QED) is 0.784. The second-order valence-corrected chi connectivity index (χ2v) is 9.80. The van der Waals surface area contributed by atoms with Gasteiger partial charge in [-0.2, -0.15) is 0 Å². The first-order valence-electron chi connectivity index (χ1n) is 8.76. The molecule has 0 aromatic heterocycles. The number of hydrogen-bond acceptors (Lipinski definition) is 4. The van der Waals surface area contributed by atoms with Gasteiger partial charge in [0.1, 0.15) is 0 Å². The Labute approximate surface area is 159 Å². The molecule has 1 aromatic carbocycles. The van der Waals surface area contributed by atoms with Crippen LogP contribution in [0.1, 0.15) is 50.4 Å². The van der Waals surface area contributed by atoms with Crippen LogP contribution < -0.4 is 4.31 Å². The van der Waals surface area contributed by atoms with Crippen LogP contribution in [0.3, 0.4) is 0 Å². The molecule has 0 radical (unpaired) electrons. The lowest BCUT2D eigenvalue weighted by Crippen LogP contribution is -2.36. The first kappa shape index (κ1) is 19.2. The number of carbonyl (C=O) groups excluding carboxylic acids is 2. The van der Waals surface area contributed by atoms with Crippen LogP contribution in [0.5, 0.6) is 0 Å². The predicted octanol–water partition coefficient (Wildman–Crippen LogP) is 3.06. The van der Waals surface area contributed by atoms with E-state index in [-0.39, 0.29) is 34.0 Å². The van der Waals surface area contributed by atoms with Crippen LogP contribution in [0.2, 0.25) is 5.02 Å². The molecule has 142 valence electrons. The van der Waals surface area contributed by atoms with Crippen molar-refractivity contribution in [3.05, 3.63) is 28.8 Å². The van der Waals surface area contributed by atoms with Crippen LogP contribution in [0.25, 0.3) is 0 Å². The summed E-state index contributed by atoms with van der Waals surface area (Å²) in [6.45, 7) is 5.90. The molecule has 0 spiro atoms. The van der Waals surface area contributed by atoms with Crippen molar-refractivity contribution >= 4 is 39.1 Å². The molecule has 0 bridgehead atoms. The number of sulfonamides is 1. The Hall–Kier alpha value is -1.60.